The lowest BCUT2D eigenvalue weighted by atomic mass is 10.3. The lowest BCUT2D eigenvalue weighted by molar-refractivity contribution is -0.00000336. The summed E-state index contributed by atoms with van der Waals surface area (Å²) >= 11 is 5.74. The van der Waals surface area contributed by atoms with Gasteiger partial charge in [0.05, 0.1) is 5.69 Å². The molecule has 82 valence electrons. The molecule has 0 bridgehead atoms. The number of benzene rings is 1. The van der Waals surface area contributed by atoms with Crippen LogP contribution in [0.4, 0.5) is 5.69 Å². The van der Waals surface area contributed by atoms with Crippen molar-refractivity contribution in [3.05, 3.63) is 29.3 Å². The third-order valence-electron chi connectivity index (χ3n) is 1.30. The van der Waals surface area contributed by atoms with E-state index in [4.69, 9.17) is 28.8 Å². The van der Waals surface area contributed by atoms with E-state index in [0.29, 0.717) is 10.7 Å². The number of hydrogen-bond acceptors (Lipinski definition) is 1. The fourth-order valence-corrected chi connectivity index (χ4v) is 1.02. The van der Waals surface area contributed by atoms with Gasteiger partial charge in [0.1, 0.15) is 0 Å². The van der Waals surface area contributed by atoms with E-state index in [9.17, 15) is 0 Å². The molecule has 6 N–H and O–H groups in total. The van der Waals surface area contributed by atoms with Crippen LogP contribution < -0.4 is 29.6 Å². The van der Waals surface area contributed by atoms with Gasteiger partial charge in [0.25, 0.3) is 0 Å². The van der Waals surface area contributed by atoms with Crippen LogP contribution in [0, 0.1) is 0 Å². The first-order chi connectivity index (χ1) is 6.58. The molecule has 0 aliphatic rings. The number of hydrogen-bond donors (Lipinski definition) is 3. The zero-order valence-electron chi connectivity index (χ0n) is 7.69. The van der Waals surface area contributed by atoms with Gasteiger partial charge >= 0.3 is 0 Å². The Labute approximate surface area is 98.4 Å². The number of halogens is 2. The molecule has 1 aromatic carbocycles. The molecule has 1 aromatic rings. The Hall–Kier alpha value is -1.46. The first-order valence-corrected chi connectivity index (χ1v) is 4.15. The molecule has 0 spiro atoms. The molecule has 0 aliphatic heterocycles. The van der Waals surface area contributed by atoms with Gasteiger partial charge in [-0.25, -0.2) is 4.99 Å². The Bertz CT molecular complexity index is 384. The highest BCUT2D eigenvalue weighted by Crippen LogP contribution is 2.17. The van der Waals surface area contributed by atoms with Gasteiger partial charge in [-0.1, -0.05) is 17.7 Å². The SMILES string of the molecule is NC(N)=NC(N)=Nc1cccc(Cl)c1.[Cl-]. The number of guanidine groups is 2. The molecule has 0 unspecified atom stereocenters. The molecule has 0 heterocycles. The second kappa shape index (κ2) is 6.10. The maximum Gasteiger partial charge on any atom is 0.223 e. The summed E-state index contributed by atoms with van der Waals surface area (Å²) in [4.78, 5) is 7.48. The average molecular weight is 247 g/mol. The standard InChI is InChI=1S/C8H10ClN5.ClH/c9-5-2-1-3-6(4-5)13-8(12)14-7(10)11;/h1-4H,(H6,10,11,12,13,14);1H/p-1. The Morgan fingerprint density at radius 1 is 1.20 bits per heavy atom. The fourth-order valence-electron chi connectivity index (χ4n) is 0.835. The van der Waals surface area contributed by atoms with E-state index in [0.717, 1.165) is 0 Å². The van der Waals surface area contributed by atoms with Gasteiger partial charge in [0.2, 0.25) is 5.96 Å². The molecule has 7 heteroatoms. The second-order valence-electron chi connectivity index (χ2n) is 2.49. The topological polar surface area (TPSA) is 103 Å². The van der Waals surface area contributed by atoms with E-state index in [-0.39, 0.29) is 24.3 Å². The van der Waals surface area contributed by atoms with Crippen LogP contribution in [-0.2, 0) is 0 Å². The van der Waals surface area contributed by atoms with E-state index in [1.165, 1.54) is 0 Å². The Morgan fingerprint density at radius 3 is 2.40 bits per heavy atom. The van der Waals surface area contributed by atoms with Gasteiger partial charge in [-0.05, 0) is 18.2 Å². The summed E-state index contributed by atoms with van der Waals surface area (Å²) in [7, 11) is 0. The van der Waals surface area contributed by atoms with E-state index >= 15 is 0 Å². The van der Waals surface area contributed by atoms with Crippen molar-refractivity contribution in [1.82, 2.24) is 0 Å². The molecule has 0 fully saturated rings. The van der Waals surface area contributed by atoms with Gasteiger partial charge in [-0.3, -0.25) is 0 Å². The molecular weight excluding hydrogens is 237 g/mol. The molecule has 0 saturated heterocycles. The molecular formula is C8H10Cl2N5-. The monoisotopic (exact) mass is 246 g/mol. The summed E-state index contributed by atoms with van der Waals surface area (Å²) in [6.07, 6.45) is 0. The lowest BCUT2D eigenvalue weighted by Gasteiger charge is -1.96. The lowest BCUT2D eigenvalue weighted by Crippen LogP contribution is -3.00. The van der Waals surface area contributed by atoms with Crippen molar-refractivity contribution in [2.75, 3.05) is 0 Å². The van der Waals surface area contributed by atoms with Crippen LogP contribution in [0.25, 0.3) is 0 Å². The van der Waals surface area contributed by atoms with Crippen LogP contribution in [0.15, 0.2) is 34.3 Å². The Kier molecular flexibility index (Phi) is 5.51. The summed E-state index contributed by atoms with van der Waals surface area (Å²) < 4.78 is 0. The van der Waals surface area contributed by atoms with Crippen molar-refractivity contribution in [1.29, 1.82) is 0 Å². The Balaban J connectivity index is 0.00000196. The molecule has 0 amide bonds. The molecule has 0 atom stereocenters. The van der Waals surface area contributed by atoms with Crippen LogP contribution in [0.5, 0.6) is 0 Å². The van der Waals surface area contributed by atoms with Crippen LogP contribution in [0.2, 0.25) is 5.02 Å². The number of nitrogens with zero attached hydrogens (tertiary/aromatic N) is 2. The zero-order chi connectivity index (χ0) is 10.6. The van der Waals surface area contributed by atoms with Crippen molar-refractivity contribution in [2.45, 2.75) is 0 Å². The summed E-state index contributed by atoms with van der Waals surface area (Å²) in [6.45, 7) is 0. The van der Waals surface area contributed by atoms with E-state index in [2.05, 4.69) is 9.98 Å². The van der Waals surface area contributed by atoms with E-state index in [1.807, 2.05) is 0 Å². The normalized spacial score (nSPS) is 10.3. The average Bonchev–Trinajstić information content (AvgIpc) is 2.01. The third-order valence-corrected chi connectivity index (χ3v) is 1.53. The minimum absolute atomic E-state index is 0. The zero-order valence-corrected chi connectivity index (χ0v) is 9.20. The molecule has 15 heavy (non-hydrogen) atoms. The second-order valence-corrected chi connectivity index (χ2v) is 2.92. The summed E-state index contributed by atoms with van der Waals surface area (Å²) in [5, 5.41) is 0.573. The summed E-state index contributed by atoms with van der Waals surface area (Å²) in [5.41, 5.74) is 16.2. The number of nitrogens with two attached hydrogens (primary N) is 3. The van der Waals surface area contributed by atoms with E-state index in [1.54, 1.807) is 24.3 Å². The van der Waals surface area contributed by atoms with Gasteiger partial charge in [-0.15, -0.1) is 0 Å². The third kappa shape index (κ3) is 5.09. The van der Waals surface area contributed by atoms with Gasteiger partial charge in [-0.2, -0.15) is 4.99 Å². The van der Waals surface area contributed by atoms with Crippen LogP contribution in [0.3, 0.4) is 0 Å². The maximum atomic E-state index is 5.74. The van der Waals surface area contributed by atoms with Crippen molar-refractivity contribution < 1.29 is 12.4 Å². The molecule has 0 aromatic heterocycles. The van der Waals surface area contributed by atoms with Crippen LogP contribution in [0.1, 0.15) is 0 Å². The molecule has 0 radical (unpaired) electrons. The summed E-state index contributed by atoms with van der Waals surface area (Å²) in [5.74, 6) is -0.138. The highest BCUT2D eigenvalue weighted by atomic mass is 35.5. The summed E-state index contributed by atoms with van der Waals surface area (Å²) in [6, 6.07) is 6.87. The van der Waals surface area contributed by atoms with Crippen molar-refractivity contribution in [3.8, 4) is 0 Å². The molecule has 1 rings (SSSR count). The minimum atomic E-state index is -0.131. The predicted molar refractivity (Wildman–Crippen MR) is 58.5 cm³/mol. The highest BCUT2D eigenvalue weighted by Gasteiger charge is 1.93. The largest absolute Gasteiger partial charge is 1.00 e. The van der Waals surface area contributed by atoms with Crippen molar-refractivity contribution >= 4 is 29.2 Å². The first kappa shape index (κ1) is 13.5. The highest BCUT2D eigenvalue weighted by molar-refractivity contribution is 6.30. The number of aliphatic imine (C=N–C) groups is 2. The Morgan fingerprint density at radius 2 is 1.87 bits per heavy atom. The van der Waals surface area contributed by atoms with Gasteiger partial charge in [0, 0.05) is 5.02 Å². The number of rotatable bonds is 1. The molecule has 5 nitrogen and oxygen atoms in total. The quantitative estimate of drug-likeness (QED) is 0.379. The van der Waals surface area contributed by atoms with E-state index < -0.39 is 0 Å². The van der Waals surface area contributed by atoms with Crippen molar-refractivity contribution in [3.63, 3.8) is 0 Å². The van der Waals surface area contributed by atoms with Crippen LogP contribution in [-0.4, -0.2) is 11.9 Å². The van der Waals surface area contributed by atoms with Gasteiger partial charge < -0.3 is 29.6 Å². The maximum absolute atomic E-state index is 5.74. The van der Waals surface area contributed by atoms with Crippen molar-refractivity contribution in [2.24, 2.45) is 27.2 Å². The predicted octanol–water partition coefficient (Wildman–Crippen LogP) is -2.44. The first-order valence-electron chi connectivity index (χ1n) is 3.77. The van der Waals surface area contributed by atoms with Crippen LogP contribution >= 0.6 is 11.6 Å². The fraction of sp³-hybridized carbons (Fsp3) is 0. The molecule has 0 aliphatic carbocycles. The van der Waals surface area contributed by atoms with Gasteiger partial charge in [0.15, 0.2) is 5.96 Å². The molecule has 0 saturated carbocycles. The minimum Gasteiger partial charge on any atom is -1.00 e. The smallest absolute Gasteiger partial charge is 0.223 e.